The minimum atomic E-state index is -2.27. The molecule has 0 radical (unpaired) electrons. The van der Waals surface area contributed by atoms with Crippen LogP contribution in [0.2, 0.25) is 0 Å². The van der Waals surface area contributed by atoms with Crippen LogP contribution in [0.1, 0.15) is 34.8 Å². The average Bonchev–Trinajstić information content (AvgIpc) is 2.82. The second-order valence-electron chi connectivity index (χ2n) is 6.19. The lowest BCUT2D eigenvalue weighted by Crippen LogP contribution is -2.15. The van der Waals surface area contributed by atoms with Crippen LogP contribution < -0.4 is 0 Å². The molecule has 2 heterocycles. The predicted octanol–water partition coefficient (Wildman–Crippen LogP) is 4.76. The van der Waals surface area contributed by atoms with E-state index in [9.17, 15) is 0 Å². The van der Waals surface area contributed by atoms with E-state index in [-0.39, 0.29) is 11.1 Å². The molecule has 3 aromatic rings. The van der Waals surface area contributed by atoms with E-state index in [0.717, 1.165) is 11.1 Å². The van der Waals surface area contributed by atoms with Crippen LogP contribution in [0, 0.1) is 6.85 Å². The molecule has 2 aromatic heterocycles. The molecular formula is C20H18N2. The van der Waals surface area contributed by atoms with E-state index in [1.165, 1.54) is 17.3 Å². The first-order valence-corrected chi connectivity index (χ1v) is 7.36. The van der Waals surface area contributed by atoms with Gasteiger partial charge in [-0.3, -0.25) is 9.97 Å². The number of rotatable bonds is 1. The van der Waals surface area contributed by atoms with Crippen LogP contribution in [-0.2, 0) is 5.41 Å². The Morgan fingerprint density at radius 2 is 1.73 bits per heavy atom. The summed E-state index contributed by atoms with van der Waals surface area (Å²) in [6, 6.07) is 13.9. The zero-order valence-electron chi connectivity index (χ0n) is 15.6. The average molecular weight is 289 g/mol. The van der Waals surface area contributed by atoms with Gasteiger partial charge in [0.05, 0.1) is 5.69 Å². The van der Waals surface area contributed by atoms with Gasteiger partial charge in [-0.15, -0.1) is 0 Å². The van der Waals surface area contributed by atoms with Crippen molar-refractivity contribution >= 4 is 0 Å². The lowest BCUT2D eigenvalue weighted by molar-refractivity contribution is 0.657. The maximum absolute atomic E-state index is 7.74. The first-order chi connectivity index (χ1) is 11.8. The topological polar surface area (TPSA) is 25.8 Å². The number of aryl methyl sites for hydroxylation is 1. The predicted molar refractivity (Wildman–Crippen MR) is 89.8 cm³/mol. The van der Waals surface area contributed by atoms with Crippen molar-refractivity contribution in [1.82, 2.24) is 9.97 Å². The van der Waals surface area contributed by atoms with Crippen LogP contribution in [0.3, 0.4) is 0 Å². The number of benzene rings is 1. The van der Waals surface area contributed by atoms with Crippen LogP contribution in [0.5, 0.6) is 0 Å². The normalized spacial score (nSPS) is 17.1. The molecule has 0 spiro atoms. The number of nitrogens with zero attached hydrogens (tertiary/aromatic N) is 2. The third kappa shape index (κ3) is 1.73. The number of pyridine rings is 2. The number of fused-ring (bicyclic) bond motifs is 3. The second-order valence-corrected chi connectivity index (χ2v) is 6.19. The molecule has 22 heavy (non-hydrogen) atoms. The molecule has 0 saturated carbocycles. The summed E-state index contributed by atoms with van der Waals surface area (Å²) < 4.78 is 23.2. The highest BCUT2D eigenvalue weighted by Crippen LogP contribution is 2.48. The molecule has 0 saturated heterocycles. The Labute approximate surface area is 135 Å². The van der Waals surface area contributed by atoms with Gasteiger partial charge in [-0.05, 0) is 47.3 Å². The third-order valence-corrected chi connectivity index (χ3v) is 4.55. The summed E-state index contributed by atoms with van der Waals surface area (Å²) >= 11 is 0. The largest absolute Gasteiger partial charge is 0.261 e. The fourth-order valence-electron chi connectivity index (χ4n) is 3.34. The molecule has 0 amide bonds. The maximum Gasteiger partial charge on any atom is 0.0726 e. The van der Waals surface area contributed by atoms with Gasteiger partial charge in [0, 0.05) is 33.2 Å². The van der Waals surface area contributed by atoms with Gasteiger partial charge in [-0.1, -0.05) is 38.1 Å². The smallest absolute Gasteiger partial charge is 0.0726 e. The third-order valence-electron chi connectivity index (χ3n) is 4.55. The van der Waals surface area contributed by atoms with Crippen LogP contribution >= 0.6 is 0 Å². The van der Waals surface area contributed by atoms with Crippen molar-refractivity contribution in [2.24, 2.45) is 0 Å². The van der Waals surface area contributed by atoms with Crippen LogP contribution in [0.15, 0.2) is 54.9 Å². The van der Waals surface area contributed by atoms with Gasteiger partial charge in [0.15, 0.2) is 0 Å². The van der Waals surface area contributed by atoms with E-state index in [1.54, 1.807) is 12.1 Å². The van der Waals surface area contributed by atoms with E-state index in [2.05, 4.69) is 42.0 Å². The fourth-order valence-corrected chi connectivity index (χ4v) is 3.34. The molecule has 0 unspecified atom stereocenters. The first-order valence-electron chi connectivity index (χ1n) is 8.86. The van der Waals surface area contributed by atoms with E-state index in [1.807, 2.05) is 18.3 Å². The van der Waals surface area contributed by atoms with E-state index in [0.29, 0.717) is 11.3 Å². The highest BCUT2D eigenvalue weighted by molar-refractivity contribution is 5.83. The Balaban J connectivity index is 1.94. The van der Waals surface area contributed by atoms with Crippen molar-refractivity contribution < 1.29 is 4.11 Å². The van der Waals surface area contributed by atoms with Crippen LogP contribution in [0.4, 0.5) is 0 Å². The molecular weight excluding hydrogens is 268 g/mol. The second kappa shape index (κ2) is 4.51. The Bertz CT molecular complexity index is 975. The zero-order valence-corrected chi connectivity index (χ0v) is 12.6. The Morgan fingerprint density at radius 1 is 0.909 bits per heavy atom. The summed E-state index contributed by atoms with van der Waals surface area (Å²) in [7, 11) is 0. The summed E-state index contributed by atoms with van der Waals surface area (Å²) in [5.74, 6) is 0. The number of aromatic nitrogens is 2. The highest BCUT2D eigenvalue weighted by atomic mass is 14.7. The molecule has 0 fully saturated rings. The lowest BCUT2D eigenvalue weighted by Gasteiger charge is -2.20. The Kier molecular flexibility index (Phi) is 2.11. The molecule has 4 rings (SSSR count). The Morgan fingerprint density at radius 3 is 2.59 bits per heavy atom. The summed E-state index contributed by atoms with van der Waals surface area (Å²) in [5, 5.41) is 0. The molecule has 0 atom stereocenters. The van der Waals surface area contributed by atoms with Crippen molar-refractivity contribution in [3.8, 4) is 22.4 Å². The molecule has 1 aliphatic rings. The number of hydrogen-bond acceptors (Lipinski definition) is 2. The van der Waals surface area contributed by atoms with E-state index >= 15 is 0 Å². The molecule has 2 nitrogen and oxygen atoms in total. The SMILES string of the molecule is [2H]C([2H])([2H])c1ncccc1-c1cc2c(cn1)C(C)(C)c1ccccc1-2. The van der Waals surface area contributed by atoms with Gasteiger partial charge in [-0.25, -0.2) is 0 Å². The fraction of sp³-hybridized carbons (Fsp3) is 0.200. The van der Waals surface area contributed by atoms with Crippen molar-refractivity contribution in [1.29, 1.82) is 0 Å². The van der Waals surface area contributed by atoms with Gasteiger partial charge in [0.1, 0.15) is 0 Å². The molecule has 1 aromatic carbocycles. The molecule has 0 aliphatic heterocycles. The highest BCUT2D eigenvalue weighted by Gasteiger charge is 2.35. The van der Waals surface area contributed by atoms with E-state index in [4.69, 9.17) is 4.11 Å². The van der Waals surface area contributed by atoms with Crippen molar-refractivity contribution in [2.45, 2.75) is 26.1 Å². The molecule has 0 bridgehead atoms. The van der Waals surface area contributed by atoms with Crippen LogP contribution in [0.25, 0.3) is 22.4 Å². The summed E-state index contributed by atoms with van der Waals surface area (Å²) in [5.41, 5.74) is 5.92. The van der Waals surface area contributed by atoms with E-state index < -0.39 is 6.85 Å². The van der Waals surface area contributed by atoms with Gasteiger partial charge >= 0.3 is 0 Å². The van der Waals surface area contributed by atoms with Gasteiger partial charge in [0.2, 0.25) is 0 Å². The van der Waals surface area contributed by atoms with Gasteiger partial charge in [0.25, 0.3) is 0 Å². The minimum absolute atomic E-state index is 0.0907. The van der Waals surface area contributed by atoms with Gasteiger partial charge < -0.3 is 0 Å². The molecule has 1 aliphatic carbocycles. The zero-order chi connectivity index (χ0) is 17.8. The summed E-state index contributed by atoms with van der Waals surface area (Å²) in [6.45, 7) is 2.11. The first kappa shape index (κ1) is 10.3. The number of hydrogen-bond donors (Lipinski definition) is 0. The summed E-state index contributed by atoms with van der Waals surface area (Å²) in [6.07, 6.45) is 3.39. The van der Waals surface area contributed by atoms with Crippen molar-refractivity contribution in [3.05, 3.63) is 71.7 Å². The van der Waals surface area contributed by atoms with Crippen LogP contribution in [-0.4, -0.2) is 9.97 Å². The van der Waals surface area contributed by atoms with Gasteiger partial charge in [-0.2, -0.15) is 0 Å². The lowest BCUT2D eigenvalue weighted by atomic mass is 9.83. The quantitative estimate of drug-likeness (QED) is 0.645. The molecule has 108 valence electrons. The standard InChI is InChI=1S/C20H18N2/c1-13-14(8-6-10-21-13)19-11-16-15-7-4-5-9-17(15)20(2,3)18(16)12-22-19/h4-12H,1-3H3/i1D3. The van der Waals surface area contributed by atoms with Crippen molar-refractivity contribution in [2.75, 3.05) is 0 Å². The monoisotopic (exact) mass is 289 g/mol. The summed E-state index contributed by atoms with van der Waals surface area (Å²) in [4.78, 5) is 8.67. The Hall–Kier alpha value is -2.48. The molecule has 2 heteroatoms. The minimum Gasteiger partial charge on any atom is -0.261 e. The maximum atomic E-state index is 7.74. The molecule has 0 N–H and O–H groups in total. The van der Waals surface area contributed by atoms with Crippen molar-refractivity contribution in [3.63, 3.8) is 0 Å².